The molecule has 0 rings (SSSR count). The van der Waals surface area contributed by atoms with Gasteiger partial charge >= 0.3 is 95.7 Å². The topological polar surface area (TPSA) is 306 Å². The zero-order chi connectivity index (χ0) is 17.9. The quantitative estimate of drug-likeness (QED) is 0.171. The van der Waals surface area contributed by atoms with Crippen molar-refractivity contribution in [3.05, 3.63) is 0 Å². The molecule has 128 valence electrons. The summed E-state index contributed by atoms with van der Waals surface area (Å²) in [6.07, 6.45) is 0. The molecule has 0 aromatic rings. The van der Waals surface area contributed by atoms with E-state index in [1.165, 1.54) is 0 Å². The molecule has 0 heterocycles. The number of rotatable bonds is 0. The van der Waals surface area contributed by atoms with E-state index in [1.807, 2.05) is 0 Å². The summed E-state index contributed by atoms with van der Waals surface area (Å²) in [7, 11) is -11.1. The summed E-state index contributed by atoms with van der Waals surface area (Å²) in [5, 5.41) is 109. The van der Waals surface area contributed by atoms with Gasteiger partial charge in [0.2, 0.25) is 0 Å². The first-order valence-corrected chi connectivity index (χ1v) is 3.85. The molecular weight excluding hydrogens is 375 g/mol. The predicted octanol–water partition coefficient (Wildman–Crippen LogP) is -19.9. The van der Waals surface area contributed by atoms with Gasteiger partial charge in [-0.1, -0.05) is 0 Å². The van der Waals surface area contributed by atoms with Gasteiger partial charge in [-0.2, -0.15) is 0 Å². The first-order valence-electron chi connectivity index (χ1n) is 3.85. The van der Waals surface area contributed by atoms with Crippen molar-refractivity contribution in [1.82, 2.24) is 0 Å². The van der Waals surface area contributed by atoms with Crippen LogP contribution >= 0.6 is 0 Å². The van der Waals surface area contributed by atoms with Crippen molar-refractivity contribution in [2.75, 3.05) is 0 Å². The van der Waals surface area contributed by atoms with E-state index in [2.05, 4.69) is 0 Å². The van der Waals surface area contributed by atoms with Crippen molar-refractivity contribution in [2.24, 2.45) is 0 Å². The molecule has 0 bridgehead atoms. The van der Waals surface area contributed by atoms with Crippen LogP contribution in [0.3, 0.4) is 0 Å². The van der Waals surface area contributed by atoms with Crippen LogP contribution in [0.1, 0.15) is 0 Å². The van der Waals surface area contributed by atoms with E-state index >= 15 is 0 Å². The molecule has 0 aromatic carbocycles. The summed E-state index contributed by atoms with van der Waals surface area (Å²) in [5.41, 5.74) is 0. The Morgan fingerprint density at radius 3 is 0.391 bits per heavy atom. The summed E-state index contributed by atoms with van der Waals surface area (Å²) in [6.45, 7) is 0. The number of halogens is 1. The second kappa shape index (κ2) is 43.9. The van der Waals surface area contributed by atoms with Gasteiger partial charge in [-0.05, 0) is 0 Å². The molecule has 0 aliphatic rings. The minimum Gasteiger partial charge on any atom is -1.00 e. The van der Waals surface area contributed by atoms with Crippen LogP contribution in [0.5, 0.6) is 0 Å². The van der Waals surface area contributed by atoms with Gasteiger partial charge in [0.15, 0.2) is 0 Å². The van der Waals surface area contributed by atoms with E-state index in [4.69, 9.17) is 75.4 Å². The summed E-state index contributed by atoms with van der Waals surface area (Å²) < 4.78 is 0. The van der Waals surface area contributed by atoms with Gasteiger partial charge in [-0.15, -0.1) is 0 Å². The van der Waals surface area contributed by atoms with Crippen LogP contribution in [0.4, 0.5) is 0 Å². The van der Waals surface area contributed by atoms with E-state index in [9.17, 15) is 0 Å². The van der Waals surface area contributed by atoms with Crippen molar-refractivity contribution in [2.45, 2.75) is 0 Å². The fourth-order valence-electron chi connectivity index (χ4n) is 0. The maximum absolute atomic E-state index is 8.64. The molecule has 14 N–H and O–H groups in total. The van der Waals surface area contributed by atoms with Gasteiger partial charge < -0.3 is 87.8 Å². The molecule has 0 radical (unpaired) electrons. The molecule has 23 heavy (non-hydrogen) atoms. The van der Waals surface area contributed by atoms with Crippen molar-refractivity contribution in [3.8, 4) is 0 Å². The SMILES string of the molecule is OB(O)O.OB(O)O.OB(O)O.OB(O)O.[Cl-].[Na+].[Na+].[O-]B(O)O. The zero-order valence-electron chi connectivity index (χ0n) is 11.9. The van der Waals surface area contributed by atoms with E-state index in [0.29, 0.717) is 0 Å². The van der Waals surface area contributed by atoms with Gasteiger partial charge in [0.1, 0.15) is 0 Å². The fourth-order valence-corrected chi connectivity index (χ4v) is 0. The normalized spacial score (nSPS) is 5.87. The largest absolute Gasteiger partial charge is 1.00 e. The molecule has 0 fully saturated rings. The molecule has 0 aromatic heterocycles. The minimum absolute atomic E-state index is 0. The van der Waals surface area contributed by atoms with Crippen LogP contribution in [-0.4, -0.2) is 107 Å². The van der Waals surface area contributed by atoms with Crippen LogP contribution in [0, 0.1) is 0 Å². The number of hydrogen-bond donors (Lipinski definition) is 14. The van der Waals surface area contributed by atoms with Gasteiger partial charge in [-0.25, -0.2) is 0 Å². The molecule has 15 nitrogen and oxygen atoms in total. The third kappa shape index (κ3) is 2870. The minimum atomic E-state index is -2.42. The maximum Gasteiger partial charge on any atom is 1.00 e. The van der Waals surface area contributed by atoms with Gasteiger partial charge in [0.25, 0.3) is 0 Å². The molecule has 0 aliphatic heterocycles. The molecule has 0 saturated heterocycles. The molecule has 0 amide bonds. The Kier molecular flexibility index (Phi) is 95.2. The standard InChI is InChI=1S/4BH3O3.BH2O3.ClH.2Na/c5*2-1(3)4;;;/h4*2-4H;2-3H;1H;;/q;;;;-1;;2*+1/p-1. The molecule has 0 spiro atoms. The summed E-state index contributed by atoms with van der Waals surface area (Å²) >= 11 is 0. The third-order valence-electron chi connectivity index (χ3n) is 0. The Hall–Kier alpha value is 2.01. The summed E-state index contributed by atoms with van der Waals surface area (Å²) in [5.74, 6) is 0. The Bertz CT molecular complexity index is 90.4. The molecule has 0 aliphatic carbocycles. The van der Waals surface area contributed by atoms with Crippen LogP contribution in [0.2, 0.25) is 0 Å². The second-order valence-electron chi connectivity index (χ2n) is 1.71. The molecular formula is H14B5ClNa2O15. The monoisotopic (exact) mass is 390 g/mol. The van der Waals surface area contributed by atoms with Crippen molar-refractivity contribution >= 4 is 36.6 Å². The Balaban J connectivity index is -0.0000000197. The van der Waals surface area contributed by atoms with Gasteiger partial charge in [0.05, 0.1) is 0 Å². The summed E-state index contributed by atoms with van der Waals surface area (Å²) in [4.78, 5) is 0. The Morgan fingerprint density at radius 1 is 0.391 bits per heavy atom. The summed E-state index contributed by atoms with van der Waals surface area (Å²) in [6, 6.07) is 0. The van der Waals surface area contributed by atoms with Crippen LogP contribution < -0.4 is 76.5 Å². The van der Waals surface area contributed by atoms with Crippen LogP contribution in [0.15, 0.2) is 0 Å². The van der Waals surface area contributed by atoms with E-state index < -0.39 is 36.6 Å². The van der Waals surface area contributed by atoms with Gasteiger partial charge in [0, 0.05) is 0 Å². The van der Waals surface area contributed by atoms with Crippen LogP contribution in [-0.2, 0) is 0 Å². The van der Waals surface area contributed by atoms with Crippen LogP contribution in [0.25, 0.3) is 0 Å². The fraction of sp³-hybridized carbons (Fsp3) is 0. The molecule has 0 atom stereocenters. The first kappa shape index (κ1) is 49.8. The molecule has 0 saturated carbocycles. The number of hydrogen-bond acceptors (Lipinski definition) is 15. The zero-order valence-corrected chi connectivity index (χ0v) is 16.7. The van der Waals surface area contributed by atoms with Crippen molar-refractivity contribution in [3.63, 3.8) is 0 Å². The maximum atomic E-state index is 8.64. The Labute approximate surface area is 182 Å². The van der Waals surface area contributed by atoms with E-state index in [0.717, 1.165) is 0 Å². The average Bonchev–Trinajstić information content (AvgIpc) is 1.94. The molecule has 0 unspecified atom stereocenters. The van der Waals surface area contributed by atoms with Crippen molar-refractivity contribution < 1.29 is 147 Å². The average molecular weight is 390 g/mol. The van der Waals surface area contributed by atoms with E-state index in [1.54, 1.807) is 0 Å². The third-order valence-corrected chi connectivity index (χ3v) is 0. The molecule has 23 heteroatoms. The first-order chi connectivity index (χ1) is 8.66. The van der Waals surface area contributed by atoms with Crippen molar-refractivity contribution in [1.29, 1.82) is 0 Å². The Morgan fingerprint density at radius 2 is 0.391 bits per heavy atom. The van der Waals surface area contributed by atoms with E-state index in [-0.39, 0.29) is 71.5 Å². The smallest absolute Gasteiger partial charge is 1.00 e. The predicted molar refractivity (Wildman–Crippen MR) is 59.8 cm³/mol. The second-order valence-corrected chi connectivity index (χ2v) is 1.71. The van der Waals surface area contributed by atoms with Gasteiger partial charge in [-0.3, -0.25) is 0 Å².